The second-order valence-electron chi connectivity index (χ2n) is 9.48. The first-order valence-electron chi connectivity index (χ1n) is 10.9. The van der Waals surface area contributed by atoms with E-state index < -0.39 is 53.7 Å². The Hall–Kier alpha value is -2.24. The van der Waals surface area contributed by atoms with Gasteiger partial charge in [0.2, 0.25) is 0 Å². The van der Waals surface area contributed by atoms with Crippen molar-refractivity contribution in [2.75, 3.05) is 26.4 Å². The molecule has 33 heavy (non-hydrogen) atoms. The van der Waals surface area contributed by atoms with Gasteiger partial charge in [0.15, 0.2) is 6.04 Å². The Morgan fingerprint density at radius 3 is 2.03 bits per heavy atom. The summed E-state index contributed by atoms with van der Waals surface area (Å²) in [7, 11) is 0. The molecule has 0 aliphatic carbocycles. The lowest BCUT2D eigenvalue weighted by molar-refractivity contribution is -0.169. The van der Waals surface area contributed by atoms with E-state index in [-0.39, 0.29) is 19.8 Å². The first-order chi connectivity index (χ1) is 15.2. The highest BCUT2D eigenvalue weighted by Crippen LogP contribution is 2.21. The number of imide groups is 1. The quantitative estimate of drug-likeness (QED) is 0.321. The molecule has 0 unspecified atom stereocenters. The van der Waals surface area contributed by atoms with E-state index >= 15 is 0 Å². The number of esters is 1. The Bertz CT molecular complexity index is 654. The van der Waals surface area contributed by atoms with Gasteiger partial charge in [0, 0.05) is 6.61 Å². The SMILES string of the molecule is CCO[C@H]1COC[C@H](N(C(=O)OC(C)(C)C)C(=O)OC(C)(C)C)C(=O)O[C@@H](C)[C@@H]1OCC=O. The molecule has 0 aromatic carbocycles. The summed E-state index contributed by atoms with van der Waals surface area (Å²) in [5.74, 6) is -0.920. The molecule has 0 spiro atoms. The number of cyclic esters (lactones) is 1. The van der Waals surface area contributed by atoms with Crippen molar-refractivity contribution in [2.45, 2.75) is 90.9 Å². The molecule has 0 bridgehead atoms. The molecule has 0 saturated carbocycles. The van der Waals surface area contributed by atoms with Crippen LogP contribution < -0.4 is 0 Å². The van der Waals surface area contributed by atoms with Crippen LogP contribution in [0.2, 0.25) is 0 Å². The minimum absolute atomic E-state index is 0.0364. The maximum atomic E-state index is 13.1. The average Bonchev–Trinajstić information content (AvgIpc) is 2.68. The zero-order chi connectivity index (χ0) is 25.4. The largest absolute Gasteiger partial charge is 0.458 e. The molecule has 190 valence electrons. The van der Waals surface area contributed by atoms with E-state index in [1.807, 2.05) is 0 Å². The Morgan fingerprint density at radius 2 is 1.58 bits per heavy atom. The summed E-state index contributed by atoms with van der Waals surface area (Å²) in [4.78, 5) is 50.3. The lowest BCUT2D eigenvalue weighted by atomic mass is 10.1. The number of aldehydes is 1. The fourth-order valence-electron chi connectivity index (χ4n) is 2.97. The maximum absolute atomic E-state index is 13.1. The number of amides is 2. The van der Waals surface area contributed by atoms with Crippen LogP contribution in [-0.2, 0) is 38.0 Å². The lowest BCUT2D eigenvalue weighted by Gasteiger charge is -2.32. The van der Waals surface area contributed by atoms with Gasteiger partial charge in [0.1, 0.15) is 42.4 Å². The average molecular weight is 476 g/mol. The summed E-state index contributed by atoms with van der Waals surface area (Å²) >= 11 is 0. The minimum Gasteiger partial charge on any atom is -0.458 e. The van der Waals surface area contributed by atoms with Crippen molar-refractivity contribution in [3.8, 4) is 0 Å². The topological polar surface area (TPSA) is 127 Å². The van der Waals surface area contributed by atoms with Gasteiger partial charge < -0.3 is 33.2 Å². The fraction of sp³-hybridized carbons (Fsp3) is 0.818. The maximum Gasteiger partial charge on any atom is 0.420 e. The van der Waals surface area contributed by atoms with Gasteiger partial charge in [-0.2, -0.15) is 4.90 Å². The van der Waals surface area contributed by atoms with Crippen LogP contribution >= 0.6 is 0 Å². The van der Waals surface area contributed by atoms with Crippen molar-refractivity contribution >= 4 is 24.4 Å². The molecule has 1 saturated heterocycles. The van der Waals surface area contributed by atoms with E-state index in [1.165, 1.54) is 0 Å². The second kappa shape index (κ2) is 12.3. The van der Waals surface area contributed by atoms with Gasteiger partial charge in [-0.3, -0.25) is 0 Å². The molecular formula is C22H37NO10. The molecule has 0 radical (unpaired) electrons. The third kappa shape index (κ3) is 9.65. The van der Waals surface area contributed by atoms with E-state index in [0.29, 0.717) is 17.8 Å². The summed E-state index contributed by atoms with van der Waals surface area (Å²) < 4.78 is 33.0. The van der Waals surface area contributed by atoms with Crippen LogP contribution in [0.1, 0.15) is 55.4 Å². The van der Waals surface area contributed by atoms with E-state index in [9.17, 15) is 19.2 Å². The van der Waals surface area contributed by atoms with E-state index in [1.54, 1.807) is 55.4 Å². The van der Waals surface area contributed by atoms with E-state index in [4.69, 9.17) is 28.4 Å². The fourth-order valence-corrected chi connectivity index (χ4v) is 2.97. The van der Waals surface area contributed by atoms with Crippen molar-refractivity contribution in [2.24, 2.45) is 0 Å². The first kappa shape index (κ1) is 28.8. The third-order valence-corrected chi connectivity index (χ3v) is 4.19. The molecule has 0 aromatic heterocycles. The summed E-state index contributed by atoms with van der Waals surface area (Å²) in [6, 6.07) is -1.48. The number of rotatable bonds is 6. The Kier molecular flexibility index (Phi) is 10.7. The van der Waals surface area contributed by atoms with Crippen molar-refractivity contribution < 1.29 is 47.6 Å². The molecule has 0 N–H and O–H groups in total. The number of carbonyl (C=O) groups is 4. The number of ether oxygens (including phenoxy) is 6. The Balaban J connectivity index is 3.29. The zero-order valence-corrected chi connectivity index (χ0v) is 20.7. The molecule has 0 aromatic rings. The summed E-state index contributed by atoms with van der Waals surface area (Å²) in [5, 5.41) is 0. The van der Waals surface area contributed by atoms with Crippen molar-refractivity contribution in [1.82, 2.24) is 4.90 Å². The van der Waals surface area contributed by atoms with E-state index in [2.05, 4.69) is 0 Å². The summed E-state index contributed by atoms with van der Waals surface area (Å²) in [6.07, 6.45) is -3.94. The summed E-state index contributed by atoms with van der Waals surface area (Å²) in [6.45, 7) is 12.8. The normalized spacial score (nSPS) is 24.5. The number of hydrogen-bond donors (Lipinski definition) is 0. The third-order valence-electron chi connectivity index (χ3n) is 4.19. The van der Waals surface area contributed by atoms with Crippen molar-refractivity contribution in [1.29, 1.82) is 0 Å². The van der Waals surface area contributed by atoms with Crippen LogP contribution in [-0.4, -0.2) is 91.3 Å². The van der Waals surface area contributed by atoms with Crippen LogP contribution in [0.25, 0.3) is 0 Å². The molecular weight excluding hydrogens is 438 g/mol. The highest BCUT2D eigenvalue weighted by molar-refractivity contribution is 5.94. The Labute approximate surface area is 194 Å². The number of nitrogens with zero attached hydrogens (tertiary/aromatic N) is 1. The smallest absolute Gasteiger partial charge is 0.420 e. The summed E-state index contributed by atoms with van der Waals surface area (Å²) in [5.41, 5.74) is -1.89. The van der Waals surface area contributed by atoms with Crippen LogP contribution in [0.5, 0.6) is 0 Å². The molecule has 11 nitrogen and oxygen atoms in total. The van der Waals surface area contributed by atoms with Gasteiger partial charge in [-0.1, -0.05) is 0 Å². The zero-order valence-electron chi connectivity index (χ0n) is 20.7. The predicted octanol–water partition coefficient (Wildman–Crippen LogP) is 2.48. The standard InChI is InChI=1S/C22H37NO10/c1-9-29-16-13-28-12-15(18(25)31-14(2)17(16)30-11-10-24)23(19(26)32-21(3,4)5)20(27)33-22(6,7)8/h10,14-17H,9,11-13H2,1-8H3/t14-,15-,16-,17-/m0/s1. The van der Waals surface area contributed by atoms with Crippen LogP contribution in [0.15, 0.2) is 0 Å². The monoisotopic (exact) mass is 475 g/mol. The first-order valence-corrected chi connectivity index (χ1v) is 10.9. The Morgan fingerprint density at radius 1 is 1.03 bits per heavy atom. The van der Waals surface area contributed by atoms with Gasteiger partial charge in [0.05, 0.1) is 13.2 Å². The van der Waals surface area contributed by atoms with Crippen LogP contribution in [0.4, 0.5) is 9.59 Å². The predicted molar refractivity (Wildman–Crippen MR) is 116 cm³/mol. The lowest BCUT2D eigenvalue weighted by Crippen LogP contribution is -2.54. The molecule has 4 atom stereocenters. The van der Waals surface area contributed by atoms with Crippen molar-refractivity contribution in [3.05, 3.63) is 0 Å². The second-order valence-corrected chi connectivity index (χ2v) is 9.48. The number of hydrogen-bond acceptors (Lipinski definition) is 10. The molecule has 1 heterocycles. The molecule has 1 aliphatic rings. The van der Waals surface area contributed by atoms with Crippen LogP contribution in [0.3, 0.4) is 0 Å². The van der Waals surface area contributed by atoms with Gasteiger partial charge in [-0.05, 0) is 55.4 Å². The molecule has 2 amide bonds. The highest BCUT2D eigenvalue weighted by atomic mass is 16.6. The van der Waals surface area contributed by atoms with Crippen molar-refractivity contribution in [3.63, 3.8) is 0 Å². The molecule has 1 fully saturated rings. The highest BCUT2D eigenvalue weighted by Gasteiger charge is 2.44. The number of carbonyl (C=O) groups excluding carboxylic acids is 4. The molecule has 1 aliphatic heterocycles. The molecule has 1 rings (SSSR count). The van der Waals surface area contributed by atoms with Gasteiger partial charge in [-0.25, -0.2) is 14.4 Å². The minimum atomic E-state index is -1.48. The van der Waals surface area contributed by atoms with Gasteiger partial charge >= 0.3 is 18.2 Å². The molecule has 11 heteroatoms. The van der Waals surface area contributed by atoms with Gasteiger partial charge in [-0.15, -0.1) is 0 Å². The van der Waals surface area contributed by atoms with Gasteiger partial charge in [0.25, 0.3) is 0 Å². The van der Waals surface area contributed by atoms with Crippen LogP contribution in [0, 0.1) is 0 Å². The van der Waals surface area contributed by atoms with E-state index in [0.717, 1.165) is 0 Å².